The number of carbonyl (C=O) groups excluding carboxylic acids is 1. The lowest BCUT2D eigenvalue weighted by Gasteiger charge is -2.60. The number of furan rings is 1. The van der Waals surface area contributed by atoms with Gasteiger partial charge in [0, 0.05) is 17.1 Å². The van der Waals surface area contributed by atoms with Crippen molar-refractivity contribution in [2.24, 2.45) is 17.8 Å². The van der Waals surface area contributed by atoms with Crippen LogP contribution in [0.4, 0.5) is 0 Å². The molecule has 178 valence electrons. The predicted octanol–water partition coefficient (Wildman–Crippen LogP) is 5.66. The van der Waals surface area contributed by atoms with E-state index in [1.54, 1.807) is 12.6 Å². The normalized spacial score (nSPS) is 27.3. The zero-order valence-corrected chi connectivity index (χ0v) is 20.7. The van der Waals surface area contributed by atoms with Gasteiger partial charge < -0.3 is 13.9 Å². The van der Waals surface area contributed by atoms with Gasteiger partial charge >= 0.3 is 0 Å². The third-order valence-electron chi connectivity index (χ3n) is 7.94. The number of nitrogens with zero attached hydrogens (tertiary/aromatic N) is 4. The minimum absolute atomic E-state index is 0.00608. The lowest BCUT2D eigenvalue weighted by atomic mass is 9.52. The van der Waals surface area contributed by atoms with Crippen LogP contribution < -0.4 is 0 Å². The van der Waals surface area contributed by atoms with Gasteiger partial charge in [-0.1, -0.05) is 35.5 Å². The minimum atomic E-state index is -0.00608. The fourth-order valence-corrected chi connectivity index (χ4v) is 7.84. The van der Waals surface area contributed by atoms with Crippen LogP contribution in [0.2, 0.25) is 5.02 Å². The van der Waals surface area contributed by atoms with Crippen molar-refractivity contribution in [1.82, 2.24) is 19.7 Å². The molecule has 0 N–H and O–H groups in total. The average Bonchev–Trinajstić information content (AvgIpc) is 3.48. The molecule has 4 aliphatic rings. The van der Waals surface area contributed by atoms with Crippen LogP contribution in [0.1, 0.15) is 49.8 Å². The van der Waals surface area contributed by atoms with Crippen LogP contribution in [0.25, 0.3) is 0 Å². The van der Waals surface area contributed by atoms with E-state index in [2.05, 4.69) is 27.2 Å². The summed E-state index contributed by atoms with van der Waals surface area (Å²) >= 11 is 7.60. The summed E-state index contributed by atoms with van der Waals surface area (Å²) in [6.45, 7) is 1.20. The number of amides is 1. The smallest absolute Gasteiger partial charge is 0.233 e. The second kappa shape index (κ2) is 9.08. The topological polar surface area (TPSA) is 64.2 Å². The van der Waals surface area contributed by atoms with Gasteiger partial charge in [-0.2, -0.15) is 0 Å². The molecule has 0 saturated heterocycles. The van der Waals surface area contributed by atoms with Gasteiger partial charge in [0.1, 0.15) is 12.1 Å². The summed E-state index contributed by atoms with van der Waals surface area (Å²) in [5.41, 5.74) is 1.13. The summed E-state index contributed by atoms with van der Waals surface area (Å²) in [4.78, 5) is 16.1. The summed E-state index contributed by atoms with van der Waals surface area (Å²) in [6.07, 6.45) is 10.9. The number of hydrogen-bond acceptors (Lipinski definition) is 5. The van der Waals surface area contributed by atoms with E-state index < -0.39 is 0 Å². The molecule has 1 amide bonds. The van der Waals surface area contributed by atoms with Crippen LogP contribution in [0, 0.1) is 17.8 Å². The molecule has 4 fully saturated rings. The Kier molecular flexibility index (Phi) is 5.94. The van der Waals surface area contributed by atoms with Crippen molar-refractivity contribution in [1.29, 1.82) is 0 Å². The van der Waals surface area contributed by atoms with Gasteiger partial charge in [0.2, 0.25) is 5.91 Å². The number of thioether (sulfide) groups is 1. The van der Waals surface area contributed by atoms with Crippen molar-refractivity contribution in [3.63, 3.8) is 0 Å². The van der Waals surface area contributed by atoms with Crippen LogP contribution in [-0.4, -0.2) is 36.9 Å². The fourth-order valence-electron chi connectivity index (χ4n) is 6.93. The van der Waals surface area contributed by atoms with E-state index in [1.165, 1.54) is 31.0 Å². The van der Waals surface area contributed by atoms with Crippen LogP contribution in [0.5, 0.6) is 0 Å². The van der Waals surface area contributed by atoms with Crippen LogP contribution in [-0.2, 0) is 17.9 Å². The Morgan fingerprint density at radius 3 is 2.47 bits per heavy atom. The van der Waals surface area contributed by atoms with E-state index in [0.29, 0.717) is 18.8 Å². The van der Waals surface area contributed by atoms with Gasteiger partial charge in [-0.25, -0.2) is 0 Å². The molecule has 3 aromatic rings. The molecule has 0 unspecified atom stereocenters. The standard InChI is InChI=1S/C26H29ClN4O2S/c27-22-5-3-18(4-6-22)14-31(26-11-19-8-20(12-26)10-21(9-19)13-26)24(32)16-34-25-29-28-17-30(25)15-23-2-1-7-33-23/h1-7,17,19-21H,8-16H2. The number of halogens is 1. The van der Waals surface area contributed by atoms with E-state index in [9.17, 15) is 4.79 Å². The van der Waals surface area contributed by atoms with Crippen LogP contribution >= 0.6 is 23.4 Å². The lowest BCUT2D eigenvalue weighted by molar-refractivity contribution is -0.149. The number of aromatic nitrogens is 3. The molecule has 0 aliphatic heterocycles. The molecule has 1 aromatic carbocycles. The van der Waals surface area contributed by atoms with E-state index in [-0.39, 0.29) is 11.4 Å². The first-order valence-electron chi connectivity index (χ1n) is 12.1. The largest absolute Gasteiger partial charge is 0.467 e. The fraction of sp³-hybridized carbons (Fsp3) is 0.500. The number of rotatable bonds is 8. The Labute approximate surface area is 209 Å². The highest BCUT2D eigenvalue weighted by atomic mass is 35.5. The van der Waals surface area contributed by atoms with Crippen molar-refractivity contribution < 1.29 is 9.21 Å². The van der Waals surface area contributed by atoms with E-state index in [0.717, 1.165) is 58.5 Å². The SMILES string of the molecule is O=C(CSc1nncn1Cc1ccco1)N(Cc1ccc(Cl)cc1)C12CC3CC(CC(C3)C1)C2. The van der Waals surface area contributed by atoms with Crippen molar-refractivity contribution >= 4 is 29.3 Å². The minimum Gasteiger partial charge on any atom is -0.467 e. The quantitative estimate of drug-likeness (QED) is 0.376. The summed E-state index contributed by atoms with van der Waals surface area (Å²) < 4.78 is 7.40. The van der Waals surface area contributed by atoms with Crippen LogP contribution in [0.3, 0.4) is 0 Å². The first-order valence-corrected chi connectivity index (χ1v) is 13.5. The number of carbonyl (C=O) groups is 1. The molecule has 2 aromatic heterocycles. The van der Waals surface area contributed by atoms with Gasteiger partial charge in [0.15, 0.2) is 5.16 Å². The summed E-state index contributed by atoms with van der Waals surface area (Å²) in [7, 11) is 0. The van der Waals surface area contributed by atoms with Gasteiger partial charge in [-0.3, -0.25) is 4.79 Å². The molecular weight excluding hydrogens is 468 g/mol. The Hall–Kier alpha value is -2.25. The van der Waals surface area contributed by atoms with Gasteiger partial charge in [-0.05, 0) is 86.1 Å². The molecule has 2 heterocycles. The number of hydrogen-bond donors (Lipinski definition) is 0. The zero-order valence-electron chi connectivity index (χ0n) is 19.1. The van der Waals surface area contributed by atoms with Gasteiger partial charge in [0.25, 0.3) is 0 Å². The lowest BCUT2D eigenvalue weighted by Crippen LogP contribution is -2.61. The Balaban J connectivity index is 1.22. The van der Waals surface area contributed by atoms with E-state index in [4.69, 9.17) is 16.0 Å². The molecule has 6 nitrogen and oxygen atoms in total. The maximum Gasteiger partial charge on any atom is 0.233 e. The first kappa shape index (κ1) is 22.2. The van der Waals surface area contributed by atoms with Crippen molar-refractivity contribution in [2.45, 2.75) is 62.3 Å². The van der Waals surface area contributed by atoms with Gasteiger partial charge in [-0.15, -0.1) is 10.2 Å². The monoisotopic (exact) mass is 496 g/mol. The molecule has 0 radical (unpaired) electrons. The molecule has 4 aliphatic carbocycles. The maximum atomic E-state index is 13.9. The summed E-state index contributed by atoms with van der Waals surface area (Å²) in [5.74, 6) is 3.70. The average molecular weight is 497 g/mol. The Bertz CT molecular complexity index is 1110. The first-order chi connectivity index (χ1) is 16.6. The highest BCUT2D eigenvalue weighted by Crippen LogP contribution is 2.58. The van der Waals surface area contributed by atoms with E-state index >= 15 is 0 Å². The molecular formula is C26H29ClN4O2S. The van der Waals surface area contributed by atoms with Crippen molar-refractivity contribution in [3.8, 4) is 0 Å². The number of benzene rings is 1. The third kappa shape index (κ3) is 4.40. The second-order valence-electron chi connectivity index (χ2n) is 10.4. The molecule has 8 heteroatoms. The summed E-state index contributed by atoms with van der Waals surface area (Å²) in [5, 5.41) is 9.79. The molecule has 4 bridgehead atoms. The molecule has 0 atom stereocenters. The Morgan fingerprint density at radius 2 is 1.82 bits per heavy atom. The zero-order chi connectivity index (χ0) is 23.1. The molecule has 34 heavy (non-hydrogen) atoms. The van der Waals surface area contributed by atoms with Crippen molar-refractivity contribution in [3.05, 3.63) is 65.3 Å². The third-order valence-corrected chi connectivity index (χ3v) is 9.16. The summed E-state index contributed by atoms with van der Waals surface area (Å²) in [6, 6.07) is 11.7. The van der Waals surface area contributed by atoms with Gasteiger partial charge in [0.05, 0.1) is 18.6 Å². The maximum absolute atomic E-state index is 13.9. The van der Waals surface area contributed by atoms with E-state index in [1.807, 2.05) is 28.8 Å². The van der Waals surface area contributed by atoms with Crippen LogP contribution in [0.15, 0.2) is 58.6 Å². The highest BCUT2D eigenvalue weighted by molar-refractivity contribution is 7.99. The molecule has 4 saturated carbocycles. The van der Waals surface area contributed by atoms with Crippen molar-refractivity contribution in [2.75, 3.05) is 5.75 Å². The predicted molar refractivity (Wildman–Crippen MR) is 131 cm³/mol. The Morgan fingerprint density at radius 1 is 1.12 bits per heavy atom. The highest BCUT2D eigenvalue weighted by Gasteiger charge is 2.54. The second-order valence-corrected chi connectivity index (χ2v) is 11.7. The molecule has 0 spiro atoms. The molecule has 7 rings (SSSR count).